The minimum Gasteiger partial charge on any atom is -0.427 e. The van der Waals surface area contributed by atoms with E-state index in [1.807, 2.05) is 25.3 Å². The summed E-state index contributed by atoms with van der Waals surface area (Å²) in [6.07, 6.45) is 0.152. The average Bonchev–Trinajstić information content (AvgIpc) is 3.24. The van der Waals surface area contributed by atoms with Gasteiger partial charge in [-0.25, -0.2) is 4.79 Å². The van der Waals surface area contributed by atoms with Crippen LogP contribution in [0.15, 0.2) is 11.4 Å². The summed E-state index contributed by atoms with van der Waals surface area (Å²) in [7, 11) is 0. The van der Waals surface area contributed by atoms with Gasteiger partial charge in [-0.3, -0.25) is 14.4 Å². The van der Waals surface area contributed by atoms with E-state index in [1.54, 1.807) is 20.8 Å². The van der Waals surface area contributed by atoms with E-state index in [0.29, 0.717) is 6.54 Å². The molecule has 3 atom stereocenters. The second-order valence-corrected chi connectivity index (χ2v) is 12.1. The van der Waals surface area contributed by atoms with Crippen molar-refractivity contribution in [1.29, 1.82) is 0 Å². The first kappa shape index (κ1) is 24.5. The lowest BCUT2D eigenvalue weighted by Gasteiger charge is -2.43. The molecule has 32 heavy (non-hydrogen) atoms. The summed E-state index contributed by atoms with van der Waals surface area (Å²) in [5.41, 5.74) is 5.89. The van der Waals surface area contributed by atoms with E-state index in [2.05, 4.69) is 5.32 Å². The highest BCUT2D eigenvalue weighted by Crippen LogP contribution is 2.51. The number of nitrogens with zero attached hydrogens (tertiary/aromatic N) is 1. The maximum atomic E-state index is 12.8. The van der Waals surface area contributed by atoms with Gasteiger partial charge in [-0.1, -0.05) is 0 Å². The number of ether oxygens (including phenoxy) is 2. The lowest BCUT2D eigenvalue weighted by molar-refractivity contribution is -0.180. The van der Waals surface area contributed by atoms with Crippen molar-refractivity contribution < 1.29 is 28.7 Å². The van der Waals surface area contributed by atoms with Gasteiger partial charge >= 0.3 is 11.9 Å². The number of thiophene rings is 1. The Bertz CT molecular complexity index is 923. The third kappa shape index (κ3) is 4.79. The average molecular weight is 484 g/mol. The Morgan fingerprint density at radius 2 is 1.94 bits per heavy atom. The molecule has 11 heteroatoms. The van der Waals surface area contributed by atoms with Crippen molar-refractivity contribution in [1.82, 2.24) is 10.2 Å². The van der Waals surface area contributed by atoms with E-state index in [0.717, 1.165) is 10.4 Å². The molecule has 3 N–H and O–H groups in total. The number of fused-ring (bicyclic) bond motifs is 1. The first-order valence-corrected chi connectivity index (χ1v) is 12.0. The molecule has 1 unspecified atom stereocenters. The second-order valence-electron chi connectivity index (χ2n) is 9.32. The molecule has 2 fully saturated rings. The number of rotatable bonds is 7. The Balaban J connectivity index is 1.59. The minimum absolute atomic E-state index is 0.152. The molecule has 3 heterocycles. The third-order valence-electron chi connectivity index (χ3n) is 5.36. The molecule has 3 rings (SSSR count). The van der Waals surface area contributed by atoms with Crippen LogP contribution < -0.4 is 11.1 Å². The SMILES string of the molecule is CC(C)(C)C(=O)OCOC(=O)[C@@H]1N2C(=O)C(NC(=O)Cc3sccc3CN)[C@H]2SC1(C)C. The molecule has 0 saturated carbocycles. The number of thioether (sulfide) groups is 1. The molecule has 1 aromatic rings. The van der Waals surface area contributed by atoms with Crippen molar-refractivity contribution >= 4 is 46.9 Å². The number of hydrogen-bond donors (Lipinski definition) is 2. The zero-order valence-electron chi connectivity index (χ0n) is 18.8. The normalized spacial score (nSPS) is 23.9. The maximum absolute atomic E-state index is 12.8. The van der Waals surface area contributed by atoms with E-state index in [9.17, 15) is 19.2 Å². The lowest BCUT2D eigenvalue weighted by atomic mass is 9.96. The summed E-state index contributed by atoms with van der Waals surface area (Å²) < 4.78 is 9.52. The summed E-state index contributed by atoms with van der Waals surface area (Å²) in [5, 5.41) is 4.31. The van der Waals surface area contributed by atoms with Gasteiger partial charge in [0.2, 0.25) is 18.6 Å². The van der Waals surface area contributed by atoms with Gasteiger partial charge in [-0.15, -0.1) is 23.1 Å². The van der Waals surface area contributed by atoms with Gasteiger partial charge in [0.05, 0.1) is 11.8 Å². The van der Waals surface area contributed by atoms with Gasteiger partial charge < -0.3 is 25.4 Å². The number of β-lactam (4-membered cyclic amide) rings is 1. The zero-order valence-corrected chi connectivity index (χ0v) is 20.4. The Morgan fingerprint density at radius 3 is 2.56 bits per heavy atom. The van der Waals surface area contributed by atoms with Crippen molar-refractivity contribution in [2.24, 2.45) is 11.1 Å². The van der Waals surface area contributed by atoms with Crippen LogP contribution in [0.5, 0.6) is 0 Å². The molecule has 2 aliphatic rings. The molecular weight excluding hydrogens is 454 g/mol. The molecule has 0 aromatic carbocycles. The van der Waals surface area contributed by atoms with Crippen LogP contribution >= 0.6 is 23.1 Å². The smallest absolute Gasteiger partial charge is 0.333 e. The third-order valence-corrected chi connectivity index (χ3v) is 7.90. The molecule has 0 radical (unpaired) electrons. The molecule has 2 amide bonds. The van der Waals surface area contributed by atoms with E-state index in [4.69, 9.17) is 15.2 Å². The van der Waals surface area contributed by atoms with Crippen molar-refractivity contribution in [3.8, 4) is 0 Å². The Labute approximate surface area is 195 Å². The summed E-state index contributed by atoms with van der Waals surface area (Å²) in [6, 6.07) is 0.339. The standard InChI is InChI=1S/C21H29N3O6S2/c1-20(2,3)19(28)30-10-29-18(27)15-21(4,5)32-17-14(16(26)24(15)17)23-13(25)8-12-11(9-22)6-7-31-12/h6-7,14-15,17H,8-10,22H2,1-5H3,(H,23,25)/t14?,15-,17+/m0/s1. The van der Waals surface area contributed by atoms with Gasteiger partial charge in [0, 0.05) is 16.2 Å². The first-order chi connectivity index (χ1) is 14.9. The van der Waals surface area contributed by atoms with Crippen LogP contribution in [0.1, 0.15) is 45.1 Å². The van der Waals surface area contributed by atoms with Crippen LogP contribution in [-0.4, -0.2) is 57.7 Å². The van der Waals surface area contributed by atoms with Gasteiger partial charge in [0.1, 0.15) is 17.5 Å². The van der Waals surface area contributed by atoms with Crippen LogP contribution in [0.3, 0.4) is 0 Å². The fourth-order valence-corrected chi connectivity index (χ4v) is 6.17. The largest absolute Gasteiger partial charge is 0.427 e. The number of esters is 2. The Morgan fingerprint density at radius 1 is 1.25 bits per heavy atom. The topological polar surface area (TPSA) is 128 Å². The first-order valence-electron chi connectivity index (χ1n) is 10.3. The fourth-order valence-electron chi connectivity index (χ4n) is 3.64. The van der Waals surface area contributed by atoms with Gasteiger partial charge in [0.25, 0.3) is 0 Å². The van der Waals surface area contributed by atoms with Gasteiger partial charge in [-0.05, 0) is 51.6 Å². The van der Waals surface area contributed by atoms with Crippen LogP contribution in [0.2, 0.25) is 0 Å². The van der Waals surface area contributed by atoms with E-state index < -0.39 is 41.0 Å². The van der Waals surface area contributed by atoms with Crippen molar-refractivity contribution in [2.45, 2.75) is 69.8 Å². The molecular formula is C21H29N3O6S2. The lowest BCUT2D eigenvalue weighted by Crippen LogP contribution is -2.70. The minimum atomic E-state index is -0.840. The van der Waals surface area contributed by atoms with E-state index in [1.165, 1.54) is 28.0 Å². The number of nitrogens with one attached hydrogen (secondary N) is 1. The number of carbonyl (C=O) groups excluding carboxylic acids is 4. The summed E-state index contributed by atoms with van der Waals surface area (Å²) in [4.78, 5) is 52.2. The van der Waals surface area contributed by atoms with Crippen LogP contribution in [0.25, 0.3) is 0 Å². The molecule has 0 aliphatic carbocycles. The Kier molecular flexibility index (Phi) is 6.92. The number of amides is 2. The van der Waals surface area contributed by atoms with E-state index >= 15 is 0 Å². The highest BCUT2D eigenvalue weighted by Gasteiger charge is 2.64. The number of nitrogens with two attached hydrogens (primary N) is 1. The quantitative estimate of drug-likeness (QED) is 0.338. The zero-order chi connectivity index (χ0) is 23.8. The number of hydrogen-bond acceptors (Lipinski definition) is 9. The van der Waals surface area contributed by atoms with Gasteiger partial charge in [-0.2, -0.15) is 0 Å². The maximum Gasteiger partial charge on any atom is 0.333 e. The molecule has 9 nitrogen and oxygen atoms in total. The van der Waals surface area contributed by atoms with Crippen molar-refractivity contribution in [3.05, 3.63) is 21.9 Å². The summed E-state index contributed by atoms with van der Waals surface area (Å²) in [6.45, 7) is 8.61. The van der Waals surface area contributed by atoms with Crippen molar-refractivity contribution in [3.63, 3.8) is 0 Å². The molecule has 0 spiro atoms. The predicted octanol–water partition coefficient (Wildman–Crippen LogP) is 1.39. The van der Waals surface area contributed by atoms with Crippen LogP contribution in [0, 0.1) is 5.41 Å². The van der Waals surface area contributed by atoms with Gasteiger partial charge in [0.15, 0.2) is 0 Å². The Hall–Kier alpha value is -2.11. The fraction of sp³-hybridized carbons (Fsp3) is 0.619. The highest BCUT2D eigenvalue weighted by atomic mass is 32.2. The predicted molar refractivity (Wildman–Crippen MR) is 120 cm³/mol. The number of carbonyl (C=O) groups is 4. The van der Waals surface area contributed by atoms with Crippen molar-refractivity contribution in [2.75, 3.05) is 6.79 Å². The molecule has 1 aromatic heterocycles. The van der Waals surface area contributed by atoms with E-state index in [-0.39, 0.29) is 23.6 Å². The molecule has 2 saturated heterocycles. The van der Waals surface area contributed by atoms with Crippen LogP contribution in [-0.2, 0) is 41.6 Å². The monoisotopic (exact) mass is 483 g/mol. The molecule has 2 aliphatic heterocycles. The highest BCUT2D eigenvalue weighted by molar-refractivity contribution is 8.01. The molecule has 176 valence electrons. The van der Waals surface area contributed by atoms with Crippen LogP contribution in [0.4, 0.5) is 0 Å². The second kappa shape index (κ2) is 9.03. The summed E-state index contributed by atoms with van der Waals surface area (Å²) >= 11 is 2.88. The molecule has 0 bridgehead atoms. The summed E-state index contributed by atoms with van der Waals surface area (Å²) in [5.74, 6) is -1.73.